The Morgan fingerprint density at radius 1 is 1.42 bits per heavy atom. The molecule has 2 rings (SSSR count). The molecule has 0 aliphatic heterocycles. The van der Waals surface area contributed by atoms with Gasteiger partial charge < -0.3 is 10.5 Å². The summed E-state index contributed by atoms with van der Waals surface area (Å²) in [4.78, 5) is 2.42. The maximum absolute atomic E-state index is 5.83. The third kappa shape index (κ3) is 2.93. The Morgan fingerprint density at radius 2 is 2.16 bits per heavy atom. The minimum Gasteiger partial charge on any atom is -0.399 e. The van der Waals surface area contributed by atoms with Crippen molar-refractivity contribution >= 4 is 5.69 Å². The molecular weight excluding hydrogens is 236 g/mol. The van der Waals surface area contributed by atoms with E-state index in [1.807, 2.05) is 12.1 Å². The van der Waals surface area contributed by atoms with E-state index in [-0.39, 0.29) is 5.41 Å². The van der Waals surface area contributed by atoms with Gasteiger partial charge in [0.05, 0.1) is 6.10 Å². The lowest BCUT2D eigenvalue weighted by Crippen LogP contribution is -2.60. The van der Waals surface area contributed by atoms with E-state index in [2.05, 4.69) is 44.9 Å². The van der Waals surface area contributed by atoms with Crippen LogP contribution in [0.2, 0.25) is 0 Å². The molecule has 1 aromatic carbocycles. The topological polar surface area (TPSA) is 38.5 Å². The number of rotatable bonds is 5. The molecule has 1 aliphatic carbocycles. The average Bonchev–Trinajstić information content (AvgIpc) is 2.33. The molecule has 0 aromatic heterocycles. The SMILES string of the molecule is CCOC1CC(N(C)Cc2cccc(N)c2)C1(C)C. The second kappa shape index (κ2) is 5.51. The molecule has 1 saturated carbocycles. The van der Waals surface area contributed by atoms with Crippen molar-refractivity contribution in [2.75, 3.05) is 19.4 Å². The minimum atomic E-state index is 0.227. The summed E-state index contributed by atoms with van der Waals surface area (Å²) in [7, 11) is 2.19. The summed E-state index contributed by atoms with van der Waals surface area (Å²) in [5, 5.41) is 0. The molecule has 0 spiro atoms. The van der Waals surface area contributed by atoms with E-state index in [0.717, 1.165) is 25.3 Å². The molecule has 0 bridgehead atoms. The Kier molecular flexibility index (Phi) is 4.16. The highest BCUT2D eigenvalue weighted by Crippen LogP contribution is 2.45. The van der Waals surface area contributed by atoms with E-state index in [4.69, 9.17) is 10.5 Å². The summed E-state index contributed by atoms with van der Waals surface area (Å²) >= 11 is 0. The Balaban J connectivity index is 1.96. The zero-order valence-corrected chi connectivity index (χ0v) is 12.5. The predicted octanol–water partition coefficient (Wildman–Crippen LogP) is 2.90. The second-order valence-corrected chi connectivity index (χ2v) is 6.18. The number of nitrogens with two attached hydrogens (primary N) is 1. The molecule has 19 heavy (non-hydrogen) atoms. The van der Waals surface area contributed by atoms with Gasteiger partial charge >= 0.3 is 0 Å². The maximum Gasteiger partial charge on any atom is 0.0655 e. The monoisotopic (exact) mass is 262 g/mol. The van der Waals surface area contributed by atoms with Crippen LogP contribution in [0.5, 0.6) is 0 Å². The van der Waals surface area contributed by atoms with Gasteiger partial charge in [0, 0.05) is 30.3 Å². The van der Waals surface area contributed by atoms with Crippen LogP contribution in [-0.2, 0) is 11.3 Å². The molecule has 2 unspecified atom stereocenters. The molecular formula is C16H26N2O. The first-order valence-electron chi connectivity index (χ1n) is 7.11. The molecule has 0 radical (unpaired) electrons. The molecule has 2 atom stereocenters. The van der Waals surface area contributed by atoms with Gasteiger partial charge in [0.2, 0.25) is 0 Å². The summed E-state index contributed by atoms with van der Waals surface area (Å²) in [6.45, 7) is 8.42. The van der Waals surface area contributed by atoms with Crippen molar-refractivity contribution in [3.63, 3.8) is 0 Å². The second-order valence-electron chi connectivity index (χ2n) is 6.18. The van der Waals surface area contributed by atoms with Gasteiger partial charge in [-0.1, -0.05) is 26.0 Å². The molecule has 1 fully saturated rings. The van der Waals surface area contributed by atoms with Gasteiger partial charge in [0.1, 0.15) is 0 Å². The van der Waals surface area contributed by atoms with Crippen LogP contribution in [0.25, 0.3) is 0 Å². The number of ether oxygens (including phenoxy) is 1. The Bertz CT molecular complexity index is 431. The van der Waals surface area contributed by atoms with Crippen molar-refractivity contribution in [1.29, 1.82) is 0 Å². The smallest absolute Gasteiger partial charge is 0.0655 e. The van der Waals surface area contributed by atoms with Crippen molar-refractivity contribution in [1.82, 2.24) is 4.90 Å². The van der Waals surface area contributed by atoms with Crippen molar-refractivity contribution < 1.29 is 4.74 Å². The van der Waals surface area contributed by atoms with Crippen LogP contribution in [0.1, 0.15) is 32.8 Å². The molecule has 1 aromatic rings. The van der Waals surface area contributed by atoms with E-state index in [1.54, 1.807) is 0 Å². The van der Waals surface area contributed by atoms with Crippen LogP contribution >= 0.6 is 0 Å². The Hall–Kier alpha value is -1.06. The van der Waals surface area contributed by atoms with Gasteiger partial charge in [-0.3, -0.25) is 4.90 Å². The van der Waals surface area contributed by atoms with Gasteiger partial charge in [-0.15, -0.1) is 0 Å². The fourth-order valence-electron chi connectivity index (χ4n) is 3.19. The summed E-state index contributed by atoms with van der Waals surface area (Å²) in [5.74, 6) is 0. The minimum absolute atomic E-state index is 0.227. The number of nitrogen functional groups attached to an aromatic ring is 1. The molecule has 0 saturated heterocycles. The van der Waals surface area contributed by atoms with Crippen molar-refractivity contribution in [2.45, 2.75) is 45.9 Å². The molecule has 2 N–H and O–H groups in total. The van der Waals surface area contributed by atoms with Gasteiger partial charge in [-0.05, 0) is 38.1 Å². The highest BCUT2D eigenvalue weighted by atomic mass is 16.5. The number of anilines is 1. The Labute approximate surface area is 116 Å². The quantitative estimate of drug-likeness (QED) is 0.829. The summed E-state index contributed by atoms with van der Waals surface area (Å²) in [6.07, 6.45) is 1.52. The fourth-order valence-corrected chi connectivity index (χ4v) is 3.19. The first-order chi connectivity index (χ1) is 8.95. The lowest BCUT2D eigenvalue weighted by Gasteiger charge is -2.55. The largest absolute Gasteiger partial charge is 0.399 e. The van der Waals surface area contributed by atoms with Crippen LogP contribution in [0.3, 0.4) is 0 Å². The maximum atomic E-state index is 5.83. The zero-order chi connectivity index (χ0) is 14.0. The highest BCUT2D eigenvalue weighted by Gasteiger charge is 2.50. The number of benzene rings is 1. The van der Waals surface area contributed by atoms with Crippen LogP contribution in [-0.4, -0.2) is 30.7 Å². The average molecular weight is 262 g/mol. The third-order valence-electron chi connectivity index (χ3n) is 4.41. The zero-order valence-electron chi connectivity index (χ0n) is 12.5. The third-order valence-corrected chi connectivity index (χ3v) is 4.41. The van der Waals surface area contributed by atoms with E-state index < -0.39 is 0 Å². The highest BCUT2D eigenvalue weighted by molar-refractivity contribution is 5.40. The predicted molar refractivity (Wildman–Crippen MR) is 79.9 cm³/mol. The summed E-state index contributed by atoms with van der Waals surface area (Å²) in [5.41, 5.74) is 8.18. The number of hydrogen-bond acceptors (Lipinski definition) is 3. The van der Waals surface area contributed by atoms with E-state index >= 15 is 0 Å². The van der Waals surface area contributed by atoms with Crippen LogP contribution in [0.4, 0.5) is 5.69 Å². The van der Waals surface area contributed by atoms with Crippen LogP contribution < -0.4 is 5.73 Å². The van der Waals surface area contributed by atoms with Crippen LogP contribution in [0.15, 0.2) is 24.3 Å². The fraction of sp³-hybridized carbons (Fsp3) is 0.625. The van der Waals surface area contributed by atoms with E-state index in [1.165, 1.54) is 5.56 Å². The lowest BCUT2D eigenvalue weighted by molar-refractivity contribution is -0.146. The molecule has 106 valence electrons. The van der Waals surface area contributed by atoms with Crippen LogP contribution in [0, 0.1) is 5.41 Å². The first kappa shape index (κ1) is 14.4. The molecule has 1 aliphatic rings. The molecule has 3 nitrogen and oxygen atoms in total. The normalized spacial score (nSPS) is 25.3. The number of nitrogens with zero attached hydrogens (tertiary/aromatic N) is 1. The van der Waals surface area contributed by atoms with E-state index in [9.17, 15) is 0 Å². The van der Waals surface area contributed by atoms with Crippen molar-refractivity contribution in [2.24, 2.45) is 5.41 Å². The number of hydrogen-bond donors (Lipinski definition) is 1. The van der Waals surface area contributed by atoms with Gasteiger partial charge in [0.25, 0.3) is 0 Å². The molecule has 3 heteroatoms. The standard InChI is InChI=1S/C16H26N2O/c1-5-19-15-10-14(16(15,2)3)18(4)11-12-7-6-8-13(17)9-12/h6-9,14-15H,5,10-11,17H2,1-4H3. The summed E-state index contributed by atoms with van der Waals surface area (Å²) < 4.78 is 5.80. The van der Waals surface area contributed by atoms with Gasteiger partial charge in [0.15, 0.2) is 0 Å². The Morgan fingerprint density at radius 3 is 2.74 bits per heavy atom. The van der Waals surface area contributed by atoms with Gasteiger partial charge in [-0.25, -0.2) is 0 Å². The van der Waals surface area contributed by atoms with Gasteiger partial charge in [-0.2, -0.15) is 0 Å². The van der Waals surface area contributed by atoms with Crippen molar-refractivity contribution in [3.05, 3.63) is 29.8 Å². The summed E-state index contributed by atoms with van der Waals surface area (Å²) in [6, 6.07) is 8.72. The first-order valence-corrected chi connectivity index (χ1v) is 7.11. The molecule has 0 amide bonds. The van der Waals surface area contributed by atoms with E-state index in [0.29, 0.717) is 12.1 Å². The molecule has 0 heterocycles. The van der Waals surface area contributed by atoms with Crippen molar-refractivity contribution in [3.8, 4) is 0 Å². The lowest BCUT2D eigenvalue weighted by atomic mass is 9.64.